The number of piperidine rings is 1. The van der Waals surface area contributed by atoms with Crippen LogP contribution in [0.1, 0.15) is 32.6 Å². The third kappa shape index (κ3) is 4.88. The van der Waals surface area contributed by atoms with Crippen LogP contribution in [0.15, 0.2) is 0 Å². The van der Waals surface area contributed by atoms with Crippen molar-refractivity contribution in [2.75, 3.05) is 32.9 Å². The van der Waals surface area contributed by atoms with E-state index in [2.05, 4.69) is 6.92 Å². The maximum absolute atomic E-state index is 12.2. The van der Waals surface area contributed by atoms with Gasteiger partial charge in [0, 0.05) is 32.3 Å². The highest BCUT2D eigenvalue weighted by Crippen LogP contribution is 2.22. The minimum absolute atomic E-state index is 0. The van der Waals surface area contributed by atoms with Crippen molar-refractivity contribution in [3.8, 4) is 0 Å². The van der Waals surface area contributed by atoms with E-state index >= 15 is 0 Å². The number of ether oxygens (including phenoxy) is 2. The van der Waals surface area contributed by atoms with Gasteiger partial charge >= 0.3 is 0 Å². The van der Waals surface area contributed by atoms with Crippen molar-refractivity contribution < 1.29 is 14.3 Å². The van der Waals surface area contributed by atoms with Crippen molar-refractivity contribution in [3.63, 3.8) is 0 Å². The number of carbonyl (C=O) groups is 1. The van der Waals surface area contributed by atoms with Crippen LogP contribution >= 0.6 is 12.4 Å². The third-order valence-corrected chi connectivity index (χ3v) is 4.18. The van der Waals surface area contributed by atoms with Gasteiger partial charge in [-0.3, -0.25) is 4.79 Å². The fraction of sp³-hybridized carbons (Fsp3) is 0.929. The lowest BCUT2D eigenvalue weighted by Gasteiger charge is -2.38. The largest absolute Gasteiger partial charge is 0.381 e. The Bertz CT molecular complexity index is 298. The molecule has 6 heteroatoms. The molecule has 0 aromatic rings. The van der Waals surface area contributed by atoms with E-state index < -0.39 is 0 Å². The number of carbonyl (C=O) groups excluding carboxylic acids is 1. The summed E-state index contributed by atoms with van der Waals surface area (Å²) in [4.78, 5) is 14.1. The van der Waals surface area contributed by atoms with Crippen molar-refractivity contribution >= 4 is 18.3 Å². The molecule has 0 aliphatic carbocycles. The van der Waals surface area contributed by atoms with Gasteiger partial charge < -0.3 is 20.1 Å². The van der Waals surface area contributed by atoms with Gasteiger partial charge in [-0.1, -0.05) is 6.92 Å². The zero-order valence-corrected chi connectivity index (χ0v) is 13.1. The smallest absolute Gasteiger partial charge is 0.248 e. The highest BCUT2D eigenvalue weighted by Gasteiger charge is 2.29. The molecule has 2 unspecified atom stereocenters. The first-order chi connectivity index (χ1) is 9.20. The van der Waals surface area contributed by atoms with Gasteiger partial charge in [0.15, 0.2) is 0 Å². The Morgan fingerprint density at radius 2 is 2.05 bits per heavy atom. The first kappa shape index (κ1) is 17.7. The number of nitrogens with two attached hydrogens (primary N) is 1. The summed E-state index contributed by atoms with van der Waals surface area (Å²) in [5, 5.41) is 0. The summed E-state index contributed by atoms with van der Waals surface area (Å²) in [7, 11) is 0. The van der Waals surface area contributed by atoms with Gasteiger partial charge in [0.1, 0.15) is 6.61 Å². The molecule has 2 heterocycles. The highest BCUT2D eigenvalue weighted by molar-refractivity contribution is 5.85. The predicted molar refractivity (Wildman–Crippen MR) is 80.0 cm³/mol. The lowest BCUT2D eigenvalue weighted by Crippen LogP contribution is -2.50. The average molecular weight is 307 g/mol. The number of halogens is 1. The maximum atomic E-state index is 12.2. The summed E-state index contributed by atoms with van der Waals surface area (Å²) in [5.74, 6) is 0.753. The van der Waals surface area contributed by atoms with E-state index in [1.807, 2.05) is 4.90 Å². The van der Waals surface area contributed by atoms with Gasteiger partial charge in [-0.2, -0.15) is 0 Å². The summed E-state index contributed by atoms with van der Waals surface area (Å²) in [6, 6.07) is 0.189. The summed E-state index contributed by atoms with van der Waals surface area (Å²) in [6.45, 7) is 5.27. The monoisotopic (exact) mass is 306 g/mol. The quantitative estimate of drug-likeness (QED) is 0.847. The van der Waals surface area contributed by atoms with E-state index in [-0.39, 0.29) is 37.1 Å². The van der Waals surface area contributed by atoms with Crippen LogP contribution < -0.4 is 5.73 Å². The standard InChI is InChI=1S/C14H26N2O3.ClH/c1-11-2-5-16(12(8-11)9-15)14(17)10-19-13-3-6-18-7-4-13;/h11-13H,2-10,15H2,1H3;1H. The van der Waals surface area contributed by atoms with Crippen molar-refractivity contribution in [1.82, 2.24) is 4.90 Å². The Morgan fingerprint density at radius 1 is 1.35 bits per heavy atom. The number of hydrogen-bond acceptors (Lipinski definition) is 4. The van der Waals surface area contributed by atoms with E-state index in [9.17, 15) is 4.79 Å². The molecule has 2 N–H and O–H groups in total. The topological polar surface area (TPSA) is 64.8 Å². The lowest BCUT2D eigenvalue weighted by molar-refractivity contribution is -0.144. The fourth-order valence-electron chi connectivity index (χ4n) is 2.92. The first-order valence-corrected chi connectivity index (χ1v) is 7.39. The van der Waals surface area contributed by atoms with Crippen LogP contribution in [-0.2, 0) is 14.3 Å². The Labute approximate surface area is 127 Å². The molecule has 20 heavy (non-hydrogen) atoms. The van der Waals surface area contributed by atoms with Gasteiger partial charge in [-0.05, 0) is 31.6 Å². The van der Waals surface area contributed by atoms with Gasteiger partial charge in [-0.15, -0.1) is 12.4 Å². The minimum atomic E-state index is 0. The van der Waals surface area contributed by atoms with Gasteiger partial charge in [0.25, 0.3) is 0 Å². The molecular formula is C14H27ClN2O3. The van der Waals surface area contributed by atoms with E-state index in [0.717, 1.165) is 45.4 Å². The molecule has 0 radical (unpaired) electrons. The fourth-order valence-corrected chi connectivity index (χ4v) is 2.92. The number of nitrogens with zero attached hydrogens (tertiary/aromatic N) is 1. The molecule has 0 aromatic carbocycles. The van der Waals surface area contributed by atoms with Crippen LogP contribution in [-0.4, -0.2) is 55.9 Å². The molecule has 2 fully saturated rings. The van der Waals surface area contributed by atoms with E-state index in [1.165, 1.54) is 0 Å². The lowest BCUT2D eigenvalue weighted by atomic mass is 9.92. The Morgan fingerprint density at radius 3 is 2.70 bits per heavy atom. The second-order valence-corrected chi connectivity index (χ2v) is 5.73. The van der Waals surface area contributed by atoms with Crippen molar-refractivity contribution in [2.24, 2.45) is 11.7 Å². The Hall–Kier alpha value is -0.360. The predicted octanol–water partition coefficient (Wildman–Crippen LogP) is 1.19. The number of likely N-dealkylation sites (tertiary alicyclic amines) is 1. The van der Waals surface area contributed by atoms with Crippen LogP contribution in [0.3, 0.4) is 0 Å². The van der Waals surface area contributed by atoms with E-state index in [0.29, 0.717) is 12.5 Å². The van der Waals surface area contributed by atoms with Crippen LogP contribution in [0.2, 0.25) is 0 Å². The Kier molecular flexibility index (Phi) is 7.80. The Balaban J connectivity index is 0.00000200. The second-order valence-electron chi connectivity index (χ2n) is 5.73. The van der Waals surface area contributed by atoms with Gasteiger partial charge in [0.2, 0.25) is 5.91 Å². The number of rotatable bonds is 4. The highest BCUT2D eigenvalue weighted by atomic mass is 35.5. The zero-order valence-electron chi connectivity index (χ0n) is 12.3. The minimum Gasteiger partial charge on any atom is -0.381 e. The molecule has 0 bridgehead atoms. The SMILES string of the molecule is CC1CCN(C(=O)COC2CCOCC2)C(CN)C1.Cl. The van der Waals surface area contributed by atoms with Crippen LogP contribution in [0.25, 0.3) is 0 Å². The van der Waals surface area contributed by atoms with E-state index in [4.69, 9.17) is 15.2 Å². The molecule has 2 saturated heterocycles. The van der Waals surface area contributed by atoms with E-state index in [1.54, 1.807) is 0 Å². The van der Waals surface area contributed by atoms with Crippen LogP contribution in [0.4, 0.5) is 0 Å². The summed E-state index contributed by atoms with van der Waals surface area (Å²) >= 11 is 0. The first-order valence-electron chi connectivity index (χ1n) is 7.39. The molecular weight excluding hydrogens is 280 g/mol. The molecule has 1 amide bonds. The molecule has 2 atom stereocenters. The summed E-state index contributed by atoms with van der Waals surface area (Å²) < 4.78 is 11.0. The molecule has 2 aliphatic rings. The molecule has 118 valence electrons. The van der Waals surface area contributed by atoms with Crippen molar-refractivity contribution in [1.29, 1.82) is 0 Å². The van der Waals surface area contributed by atoms with Crippen molar-refractivity contribution in [2.45, 2.75) is 44.8 Å². The molecule has 2 aliphatic heterocycles. The average Bonchev–Trinajstić information content (AvgIpc) is 2.45. The van der Waals surface area contributed by atoms with Crippen molar-refractivity contribution in [3.05, 3.63) is 0 Å². The third-order valence-electron chi connectivity index (χ3n) is 4.18. The molecule has 5 nitrogen and oxygen atoms in total. The van der Waals surface area contributed by atoms with Crippen LogP contribution in [0, 0.1) is 5.92 Å². The maximum Gasteiger partial charge on any atom is 0.248 e. The zero-order chi connectivity index (χ0) is 13.7. The summed E-state index contributed by atoms with van der Waals surface area (Å²) in [5.41, 5.74) is 5.78. The van der Waals surface area contributed by atoms with Gasteiger partial charge in [-0.25, -0.2) is 0 Å². The number of amides is 1. The normalized spacial score (nSPS) is 28.0. The molecule has 2 rings (SSSR count). The molecule has 0 saturated carbocycles. The number of hydrogen-bond donors (Lipinski definition) is 1. The summed E-state index contributed by atoms with van der Waals surface area (Å²) in [6.07, 6.45) is 4.05. The van der Waals surface area contributed by atoms with Gasteiger partial charge in [0.05, 0.1) is 6.10 Å². The van der Waals surface area contributed by atoms with Crippen LogP contribution in [0.5, 0.6) is 0 Å². The molecule has 0 aromatic heterocycles. The molecule has 0 spiro atoms. The second kappa shape index (κ2) is 8.82.